The van der Waals surface area contributed by atoms with Crippen molar-refractivity contribution >= 4 is 19.8 Å². The van der Waals surface area contributed by atoms with Crippen LogP contribution in [0.2, 0.25) is 18.1 Å². The lowest BCUT2D eigenvalue weighted by Crippen LogP contribution is -2.38. The molecule has 0 rings (SSSR count). The minimum Gasteiger partial charge on any atom is -0.465 e. The van der Waals surface area contributed by atoms with Crippen LogP contribution in [0.1, 0.15) is 41.5 Å². The van der Waals surface area contributed by atoms with Gasteiger partial charge in [0.25, 0.3) is 0 Å². The van der Waals surface area contributed by atoms with Gasteiger partial charge in [-0.2, -0.15) is 0 Å². The maximum Gasteiger partial charge on any atom is 0.324 e. The van der Waals surface area contributed by atoms with Gasteiger partial charge in [-0.05, 0) is 38.9 Å². The number of carbonyl (C=O) groups excluding carboxylic acids is 2. The molecular formula is C17H28O3Si. The number of carbonyl (C=O) groups is 2. The van der Waals surface area contributed by atoms with E-state index < -0.39 is 19.5 Å². The van der Waals surface area contributed by atoms with E-state index in [9.17, 15) is 9.59 Å². The SMILES string of the molecule is C=C(C#C[Si](CC)(CC)CC)C(C)(C(C)=O)C(=O)OCC. The Labute approximate surface area is 130 Å². The lowest BCUT2D eigenvalue weighted by Gasteiger charge is -2.25. The Balaban J connectivity index is 5.57. The van der Waals surface area contributed by atoms with Crippen molar-refractivity contribution in [3.63, 3.8) is 0 Å². The van der Waals surface area contributed by atoms with Crippen LogP contribution in [0.25, 0.3) is 0 Å². The lowest BCUT2D eigenvalue weighted by atomic mass is 9.79. The molecule has 0 bridgehead atoms. The number of esters is 1. The lowest BCUT2D eigenvalue weighted by molar-refractivity contribution is -0.155. The van der Waals surface area contributed by atoms with Crippen molar-refractivity contribution in [1.82, 2.24) is 0 Å². The molecule has 0 aliphatic heterocycles. The highest BCUT2D eigenvalue weighted by atomic mass is 28.3. The Morgan fingerprint density at radius 3 is 1.95 bits per heavy atom. The average Bonchev–Trinajstić information content (AvgIpc) is 2.48. The topological polar surface area (TPSA) is 43.4 Å². The number of ether oxygens (including phenoxy) is 1. The predicted octanol–water partition coefficient (Wildman–Crippen LogP) is 3.75. The first-order valence-corrected chi connectivity index (χ1v) is 10.3. The second kappa shape index (κ2) is 8.19. The molecule has 1 unspecified atom stereocenters. The summed E-state index contributed by atoms with van der Waals surface area (Å²) in [4.78, 5) is 24.1. The Kier molecular flexibility index (Phi) is 7.66. The van der Waals surface area contributed by atoms with Gasteiger partial charge < -0.3 is 4.74 Å². The van der Waals surface area contributed by atoms with Crippen LogP contribution in [0.4, 0.5) is 0 Å². The molecule has 0 aromatic rings. The first-order valence-electron chi connectivity index (χ1n) is 7.64. The molecule has 0 fully saturated rings. The fourth-order valence-electron chi connectivity index (χ4n) is 2.10. The average molecular weight is 308 g/mol. The first-order chi connectivity index (χ1) is 9.73. The van der Waals surface area contributed by atoms with Gasteiger partial charge in [0.15, 0.2) is 11.2 Å². The van der Waals surface area contributed by atoms with E-state index in [4.69, 9.17) is 4.74 Å². The van der Waals surface area contributed by atoms with Gasteiger partial charge in [0.05, 0.1) is 6.61 Å². The molecule has 0 aliphatic rings. The minimum absolute atomic E-state index is 0.236. The Morgan fingerprint density at radius 2 is 1.62 bits per heavy atom. The zero-order valence-corrected chi connectivity index (χ0v) is 15.3. The summed E-state index contributed by atoms with van der Waals surface area (Å²) in [6.07, 6.45) is 0. The molecule has 0 aromatic carbocycles. The third-order valence-corrected chi connectivity index (χ3v) is 9.22. The van der Waals surface area contributed by atoms with Crippen molar-refractivity contribution in [3.8, 4) is 11.5 Å². The normalized spacial score (nSPS) is 13.6. The van der Waals surface area contributed by atoms with Crippen LogP contribution in [0.5, 0.6) is 0 Å². The largest absolute Gasteiger partial charge is 0.465 e. The third-order valence-electron chi connectivity index (χ3n) is 4.50. The summed E-state index contributed by atoms with van der Waals surface area (Å²) < 4.78 is 5.02. The van der Waals surface area contributed by atoms with Crippen LogP contribution >= 0.6 is 0 Å². The van der Waals surface area contributed by atoms with Gasteiger partial charge in [-0.15, -0.1) is 5.54 Å². The van der Waals surface area contributed by atoms with E-state index in [2.05, 4.69) is 38.8 Å². The summed E-state index contributed by atoms with van der Waals surface area (Å²) >= 11 is 0. The van der Waals surface area contributed by atoms with E-state index in [0.717, 1.165) is 18.1 Å². The van der Waals surface area contributed by atoms with Gasteiger partial charge in [0.2, 0.25) is 0 Å². The van der Waals surface area contributed by atoms with Gasteiger partial charge in [0, 0.05) is 5.57 Å². The molecule has 0 spiro atoms. The number of Topliss-reactive ketones (excluding diaryl/α,β-unsaturated/α-hetero) is 1. The highest BCUT2D eigenvalue weighted by Gasteiger charge is 2.42. The molecule has 21 heavy (non-hydrogen) atoms. The van der Waals surface area contributed by atoms with Gasteiger partial charge in [-0.1, -0.05) is 33.3 Å². The summed E-state index contributed by atoms with van der Waals surface area (Å²) in [5, 5.41) is 0. The number of ketones is 1. The first kappa shape index (κ1) is 19.7. The molecule has 0 aromatic heterocycles. The summed E-state index contributed by atoms with van der Waals surface area (Å²) in [6.45, 7) is 15.3. The quantitative estimate of drug-likeness (QED) is 0.311. The van der Waals surface area contributed by atoms with Crippen molar-refractivity contribution in [2.24, 2.45) is 5.41 Å². The third kappa shape index (κ3) is 4.31. The van der Waals surface area contributed by atoms with E-state index in [1.54, 1.807) is 13.8 Å². The zero-order chi connectivity index (χ0) is 16.7. The highest BCUT2D eigenvalue weighted by molar-refractivity contribution is 6.87. The van der Waals surface area contributed by atoms with E-state index in [0.29, 0.717) is 5.57 Å². The van der Waals surface area contributed by atoms with Crippen LogP contribution in [0.15, 0.2) is 12.2 Å². The van der Waals surface area contributed by atoms with Crippen LogP contribution in [-0.2, 0) is 14.3 Å². The van der Waals surface area contributed by atoms with Crippen molar-refractivity contribution < 1.29 is 14.3 Å². The summed E-state index contributed by atoms with van der Waals surface area (Å²) in [5.41, 5.74) is 2.35. The van der Waals surface area contributed by atoms with Gasteiger partial charge >= 0.3 is 5.97 Å². The molecule has 0 aliphatic carbocycles. The number of rotatable bonds is 7. The smallest absolute Gasteiger partial charge is 0.324 e. The van der Waals surface area contributed by atoms with E-state index >= 15 is 0 Å². The standard InChI is InChI=1S/C17H28O3Si/c1-8-20-16(19)17(7,15(6)18)14(5)12-13-21(9-2,10-3)11-4/h5,8-11H2,1-4,6-7H3. The Hall–Kier alpha value is -1.34. The second-order valence-corrected chi connectivity index (χ2v) is 10.4. The molecule has 118 valence electrons. The highest BCUT2D eigenvalue weighted by Crippen LogP contribution is 2.29. The van der Waals surface area contributed by atoms with E-state index in [-0.39, 0.29) is 12.4 Å². The molecule has 1 atom stereocenters. The van der Waals surface area contributed by atoms with E-state index in [1.807, 2.05) is 0 Å². The second-order valence-electron chi connectivity index (χ2n) is 5.47. The van der Waals surface area contributed by atoms with Gasteiger partial charge in [-0.3, -0.25) is 9.59 Å². The predicted molar refractivity (Wildman–Crippen MR) is 89.5 cm³/mol. The Bertz CT molecular complexity index is 458. The molecular weight excluding hydrogens is 280 g/mol. The van der Waals surface area contributed by atoms with Gasteiger partial charge in [0.1, 0.15) is 8.07 Å². The van der Waals surface area contributed by atoms with Crippen LogP contribution < -0.4 is 0 Å². The molecule has 0 amide bonds. The minimum atomic E-state index is -1.63. The number of hydrogen-bond acceptors (Lipinski definition) is 3. The van der Waals surface area contributed by atoms with Crippen molar-refractivity contribution in [2.75, 3.05) is 6.61 Å². The molecule has 0 N–H and O–H groups in total. The maximum atomic E-state index is 12.1. The Morgan fingerprint density at radius 1 is 1.14 bits per heavy atom. The molecule has 0 heterocycles. The van der Waals surface area contributed by atoms with Gasteiger partial charge in [-0.25, -0.2) is 0 Å². The van der Waals surface area contributed by atoms with E-state index in [1.165, 1.54) is 6.92 Å². The fraction of sp³-hybridized carbons (Fsp3) is 0.647. The van der Waals surface area contributed by atoms with Crippen LogP contribution in [0, 0.1) is 16.9 Å². The zero-order valence-electron chi connectivity index (χ0n) is 14.3. The summed E-state index contributed by atoms with van der Waals surface area (Å²) in [6, 6.07) is 3.20. The van der Waals surface area contributed by atoms with Crippen molar-refractivity contribution in [2.45, 2.75) is 59.7 Å². The molecule has 3 nitrogen and oxygen atoms in total. The fourth-order valence-corrected chi connectivity index (χ4v) is 4.55. The molecule has 0 radical (unpaired) electrons. The molecule has 0 saturated heterocycles. The van der Waals surface area contributed by atoms with Crippen LogP contribution in [-0.4, -0.2) is 26.4 Å². The number of hydrogen-bond donors (Lipinski definition) is 0. The summed E-state index contributed by atoms with van der Waals surface area (Å²) in [7, 11) is -1.63. The maximum absolute atomic E-state index is 12.1. The molecule has 0 saturated carbocycles. The monoisotopic (exact) mass is 308 g/mol. The molecule has 4 heteroatoms. The van der Waals surface area contributed by atoms with Crippen LogP contribution in [0.3, 0.4) is 0 Å². The summed E-state index contributed by atoms with van der Waals surface area (Å²) in [5.74, 6) is 2.19. The van der Waals surface area contributed by atoms with Crippen molar-refractivity contribution in [1.29, 1.82) is 0 Å². The van der Waals surface area contributed by atoms with Crippen molar-refractivity contribution in [3.05, 3.63) is 12.2 Å².